The topological polar surface area (TPSA) is 66.8 Å². The van der Waals surface area contributed by atoms with Crippen molar-refractivity contribution in [2.45, 2.75) is 37.8 Å². The van der Waals surface area contributed by atoms with Gasteiger partial charge >= 0.3 is 0 Å². The maximum Gasteiger partial charge on any atom is 0.274 e. The normalized spacial score (nSPS) is 24.0. The largest absolute Gasteiger partial charge is 0.484 e. The highest BCUT2D eigenvalue weighted by Crippen LogP contribution is 2.37. The van der Waals surface area contributed by atoms with Gasteiger partial charge in [-0.05, 0) is 69.6 Å². The van der Waals surface area contributed by atoms with Crippen molar-refractivity contribution in [1.29, 1.82) is 0 Å². The van der Waals surface area contributed by atoms with Crippen LogP contribution in [-0.4, -0.2) is 66.1 Å². The van der Waals surface area contributed by atoms with Crippen molar-refractivity contribution in [2.75, 3.05) is 45.2 Å². The molecule has 1 N–H and O–H groups in total. The molecule has 32 heavy (non-hydrogen) atoms. The molecule has 3 aliphatic rings. The van der Waals surface area contributed by atoms with Crippen LogP contribution in [0.2, 0.25) is 0 Å². The molecule has 2 saturated heterocycles. The Balaban J connectivity index is 1.26. The summed E-state index contributed by atoms with van der Waals surface area (Å²) in [7, 11) is 2.20. The number of para-hydroxylation sites is 1. The SMILES string of the molecule is CN1CCC(N2C[C@H]3C[C@H](C2)c2ccc(NC(=O)COc4ccccc4)c(=O)n2C3)CC1. The number of fused-ring (bicyclic) bond motifs is 4. The van der Waals surface area contributed by atoms with E-state index in [-0.39, 0.29) is 18.1 Å². The van der Waals surface area contributed by atoms with Crippen molar-refractivity contribution < 1.29 is 9.53 Å². The molecule has 4 heterocycles. The van der Waals surface area contributed by atoms with E-state index < -0.39 is 0 Å². The lowest BCUT2D eigenvalue weighted by molar-refractivity contribution is -0.118. The van der Waals surface area contributed by atoms with Gasteiger partial charge < -0.3 is 19.5 Å². The van der Waals surface area contributed by atoms with Crippen LogP contribution in [0.4, 0.5) is 5.69 Å². The Labute approximate surface area is 189 Å². The van der Waals surface area contributed by atoms with Gasteiger partial charge in [0.1, 0.15) is 11.4 Å². The number of aromatic nitrogens is 1. The van der Waals surface area contributed by atoms with Crippen LogP contribution in [0.3, 0.4) is 0 Å². The Kier molecular flexibility index (Phi) is 6.02. The molecule has 2 fully saturated rings. The molecule has 0 radical (unpaired) electrons. The van der Waals surface area contributed by atoms with Gasteiger partial charge in [-0.25, -0.2) is 0 Å². The molecule has 2 aromatic rings. The lowest BCUT2D eigenvalue weighted by atomic mass is 9.82. The van der Waals surface area contributed by atoms with E-state index in [4.69, 9.17) is 4.74 Å². The number of amides is 1. The number of benzene rings is 1. The zero-order valence-electron chi connectivity index (χ0n) is 18.7. The average Bonchev–Trinajstić information content (AvgIpc) is 2.81. The minimum Gasteiger partial charge on any atom is -0.484 e. The van der Waals surface area contributed by atoms with Crippen molar-refractivity contribution in [3.05, 3.63) is 58.5 Å². The highest BCUT2D eigenvalue weighted by molar-refractivity contribution is 5.91. The third-order valence-corrected chi connectivity index (χ3v) is 7.22. The smallest absolute Gasteiger partial charge is 0.274 e. The quantitative estimate of drug-likeness (QED) is 0.780. The van der Waals surface area contributed by atoms with E-state index in [1.54, 1.807) is 18.2 Å². The molecule has 3 aliphatic heterocycles. The van der Waals surface area contributed by atoms with Crippen molar-refractivity contribution in [3.63, 3.8) is 0 Å². The number of rotatable bonds is 5. The fourth-order valence-electron chi connectivity index (χ4n) is 5.59. The number of nitrogens with zero attached hydrogens (tertiary/aromatic N) is 3. The second-order valence-corrected chi connectivity index (χ2v) is 9.52. The van der Waals surface area contributed by atoms with Crippen molar-refractivity contribution in [2.24, 2.45) is 5.92 Å². The average molecular weight is 437 g/mol. The van der Waals surface area contributed by atoms with Crippen LogP contribution >= 0.6 is 0 Å². The highest BCUT2D eigenvalue weighted by Gasteiger charge is 2.37. The first-order chi connectivity index (χ1) is 15.6. The molecular weight excluding hydrogens is 404 g/mol. The van der Waals surface area contributed by atoms with Crippen LogP contribution in [0.1, 0.15) is 30.9 Å². The minimum atomic E-state index is -0.323. The Morgan fingerprint density at radius 3 is 2.62 bits per heavy atom. The zero-order valence-corrected chi connectivity index (χ0v) is 18.7. The van der Waals surface area contributed by atoms with Crippen LogP contribution in [0.25, 0.3) is 0 Å². The van der Waals surface area contributed by atoms with Gasteiger partial charge in [0.2, 0.25) is 0 Å². The molecule has 5 rings (SSSR count). The van der Waals surface area contributed by atoms with Crippen LogP contribution in [0.15, 0.2) is 47.3 Å². The molecule has 0 aliphatic carbocycles. The van der Waals surface area contributed by atoms with E-state index in [9.17, 15) is 9.59 Å². The number of piperidine rings is 2. The Bertz CT molecular complexity index is 1010. The number of hydrogen-bond acceptors (Lipinski definition) is 5. The molecule has 1 aromatic heterocycles. The van der Waals surface area contributed by atoms with E-state index in [0.29, 0.717) is 29.3 Å². The summed E-state index contributed by atoms with van der Waals surface area (Å²) >= 11 is 0. The molecule has 0 saturated carbocycles. The third kappa shape index (κ3) is 4.45. The summed E-state index contributed by atoms with van der Waals surface area (Å²) in [6, 6.07) is 13.7. The van der Waals surface area contributed by atoms with Gasteiger partial charge in [0, 0.05) is 37.3 Å². The molecule has 0 unspecified atom stereocenters. The summed E-state index contributed by atoms with van der Waals surface area (Å²) in [5.74, 6) is 1.19. The summed E-state index contributed by atoms with van der Waals surface area (Å²) < 4.78 is 7.40. The summed E-state index contributed by atoms with van der Waals surface area (Å²) in [4.78, 5) is 30.6. The molecule has 2 bridgehead atoms. The lowest BCUT2D eigenvalue weighted by Crippen LogP contribution is -2.53. The van der Waals surface area contributed by atoms with Crippen LogP contribution in [0.5, 0.6) is 5.75 Å². The van der Waals surface area contributed by atoms with Gasteiger partial charge in [0.05, 0.1) is 0 Å². The molecule has 1 amide bonds. The fraction of sp³-hybridized carbons (Fsp3) is 0.520. The molecule has 7 nitrogen and oxygen atoms in total. The molecule has 1 aromatic carbocycles. The summed E-state index contributed by atoms with van der Waals surface area (Å²) in [6.07, 6.45) is 3.62. The van der Waals surface area contributed by atoms with Crippen molar-refractivity contribution >= 4 is 11.6 Å². The van der Waals surface area contributed by atoms with Gasteiger partial charge in [-0.1, -0.05) is 18.2 Å². The summed E-state index contributed by atoms with van der Waals surface area (Å²) in [5, 5.41) is 2.75. The van der Waals surface area contributed by atoms with Gasteiger partial charge in [-0.15, -0.1) is 0 Å². The number of ether oxygens (including phenoxy) is 1. The number of likely N-dealkylation sites (tertiary alicyclic amines) is 2. The number of nitrogens with one attached hydrogen (secondary N) is 1. The molecular formula is C25H32N4O3. The molecule has 0 spiro atoms. The van der Waals surface area contributed by atoms with E-state index >= 15 is 0 Å². The second-order valence-electron chi connectivity index (χ2n) is 9.52. The first kappa shape index (κ1) is 21.2. The van der Waals surface area contributed by atoms with E-state index in [1.165, 1.54) is 25.9 Å². The number of pyridine rings is 1. The second kappa shape index (κ2) is 9.08. The standard InChI is InChI=1S/C25H32N4O3/c1-27-11-9-20(10-12-27)28-14-18-13-19(16-28)23-8-7-22(25(31)29(23)15-18)26-24(30)17-32-21-5-3-2-4-6-21/h2-8,18-20H,9-17H2,1H3,(H,26,30)/t18-,19-/m1/s1. The Hall–Kier alpha value is -2.64. The lowest BCUT2D eigenvalue weighted by Gasteiger charge is -2.47. The van der Waals surface area contributed by atoms with Crippen molar-refractivity contribution in [1.82, 2.24) is 14.4 Å². The van der Waals surface area contributed by atoms with Crippen LogP contribution in [-0.2, 0) is 11.3 Å². The molecule has 7 heteroatoms. The van der Waals surface area contributed by atoms with E-state index in [0.717, 1.165) is 31.7 Å². The first-order valence-electron chi connectivity index (χ1n) is 11.7. The predicted octanol–water partition coefficient (Wildman–Crippen LogP) is 2.38. The van der Waals surface area contributed by atoms with Gasteiger partial charge in [-0.2, -0.15) is 0 Å². The maximum absolute atomic E-state index is 13.2. The van der Waals surface area contributed by atoms with Crippen LogP contribution in [0, 0.1) is 5.92 Å². The summed E-state index contributed by atoms with van der Waals surface area (Å²) in [6.45, 7) is 5.05. The number of carbonyl (C=O) groups excluding carboxylic acids is 1. The van der Waals surface area contributed by atoms with Gasteiger partial charge in [0.25, 0.3) is 11.5 Å². The van der Waals surface area contributed by atoms with Gasteiger partial charge in [-0.3, -0.25) is 14.5 Å². The summed E-state index contributed by atoms with van der Waals surface area (Å²) in [5.41, 5.74) is 1.35. The van der Waals surface area contributed by atoms with Crippen molar-refractivity contribution in [3.8, 4) is 5.75 Å². The monoisotopic (exact) mass is 436 g/mol. The maximum atomic E-state index is 13.2. The van der Waals surface area contributed by atoms with E-state index in [1.807, 2.05) is 28.8 Å². The number of hydrogen-bond donors (Lipinski definition) is 1. The third-order valence-electron chi connectivity index (χ3n) is 7.22. The predicted molar refractivity (Wildman–Crippen MR) is 124 cm³/mol. The Morgan fingerprint density at radius 1 is 1.06 bits per heavy atom. The van der Waals surface area contributed by atoms with Crippen LogP contribution < -0.4 is 15.6 Å². The first-order valence-corrected chi connectivity index (χ1v) is 11.7. The van der Waals surface area contributed by atoms with Gasteiger partial charge in [0.15, 0.2) is 6.61 Å². The number of anilines is 1. The van der Waals surface area contributed by atoms with E-state index in [2.05, 4.69) is 22.2 Å². The minimum absolute atomic E-state index is 0.0991. The zero-order chi connectivity index (χ0) is 22.1. The number of carbonyl (C=O) groups is 1. The Morgan fingerprint density at radius 2 is 1.84 bits per heavy atom. The highest BCUT2D eigenvalue weighted by atomic mass is 16.5. The fourth-order valence-corrected chi connectivity index (χ4v) is 5.59. The molecule has 2 atom stereocenters. The molecule has 170 valence electrons.